The minimum absolute atomic E-state index is 0.00826. The third-order valence-electron chi connectivity index (χ3n) is 14.7. The molecule has 25 nitrogen and oxygen atoms in total. The second kappa shape index (κ2) is 56.8. The normalized spacial score (nSPS) is 10.4. The first-order valence-corrected chi connectivity index (χ1v) is 34.6. The largest absolute Gasteiger partial charge is 0.396 e. The Balaban J connectivity index is 0.000000635. The number of aryl methyl sites for hydroxylation is 3. The SMILES string of the molecule is NCCCC(=O)c1cc(C(=O)CCCN)cc(C(=O)NCCN)c1.NCCCC(=O)c1cccc(C(=O)NCCN)c1.NCCNC(=O)c1ccccc1.O=C(CCCO)c1cc(C(=O)CCCO)cc(C(=O)NCCO)c1.OCCCCc1cc(CCCCO)c(Cl)c(CCCCO)c1. The Hall–Kier alpha value is -7.86. The van der Waals surface area contributed by atoms with Gasteiger partial charge in [0.25, 0.3) is 23.6 Å². The van der Waals surface area contributed by atoms with Gasteiger partial charge in [0.2, 0.25) is 0 Å². The summed E-state index contributed by atoms with van der Waals surface area (Å²) in [6.07, 6.45) is 11.6. The molecular weight excluding hydrogens is 1300 g/mol. The molecule has 0 bridgehead atoms. The number of rotatable bonds is 44. The van der Waals surface area contributed by atoms with Crippen molar-refractivity contribution in [3.05, 3.63) is 175 Å². The van der Waals surface area contributed by atoms with Gasteiger partial charge in [0.15, 0.2) is 28.9 Å². The Morgan fingerprint density at radius 1 is 0.290 bits per heavy atom. The number of aliphatic hydroxyl groups is 6. The van der Waals surface area contributed by atoms with Gasteiger partial charge < -0.3 is 86.3 Å². The zero-order valence-electron chi connectivity index (χ0n) is 57.8. The van der Waals surface area contributed by atoms with E-state index < -0.39 is 5.91 Å². The molecule has 0 heterocycles. The van der Waals surface area contributed by atoms with Crippen LogP contribution in [0.15, 0.2) is 103 Å². The summed E-state index contributed by atoms with van der Waals surface area (Å²) in [6, 6.07) is 28.9. The molecule has 26 heteroatoms. The molecule has 0 aliphatic rings. The van der Waals surface area contributed by atoms with E-state index in [9.17, 15) is 43.2 Å². The first-order valence-electron chi connectivity index (χ1n) is 34.2. The number of halogens is 1. The summed E-state index contributed by atoms with van der Waals surface area (Å²) in [6.45, 7) is 4.02. The van der Waals surface area contributed by atoms with Crippen molar-refractivity contribution >= 4 is 64.1 Å². The van der Waals surface area contributed by atoms with Crippen molar-refractivity contribution in [2.24, 2.45) is 34.4 Å². The predicted octanol–water partition coefficient (Wildman–Crippen LogP) is 4.49. The van der Waals surface area contributed by atoms with Gasteiger partial charge in [-0.2, -0.15) is 0 Å². The molecule has 0 unspecified atom stereocenters. The number of amides is 4. The lowest BCUT2D eigenvalue weighted by Crippen LogP contribution is -2.29. The van der Waals surface area contributed by atoms with Crippen LogP contribution >= 0.6 is 11.6 Å². The maximum absolute atomic E-state index is 12.2. The van der Waals surface area contributed by atoms with E-state index in [-0.39, 0.29) is 141 Å². The number of carbonyl (C=O) groups is 9. The van der Waals surface area contributed by atoms with E-state index in [0.29, 0.717) is 125 Å². The van der Waals surface area contributed by atoms with Crippen LogP contribution in [0.25, 0.3) is 0 Å². The van der Waals surface area contributed by atoms with Crippen LogP contribution in [0.4, 0.5) is 0 Å². The van der Waals surface area contributed by atoms with Crippen LogP contribution < -0.4 is 55.7 Å². The second-order valence-electron chi connectivity index (χ2n) is 22.9. The number of hydrogen-bond donors (Lipinski definition) is 16. The van der Waals surface area contributed by atoms with Crippen LogP contribution in [-0.2, 0) is 19.3 Å². The first-order chi connectivity index (χ1) is 48.3. The second-order valence-corrected chi connectivity index (χ2v) is 23.3. The van der Waals surface area contributed by atoms with Gasteiger partial charge in [-0.25, -0.2) is 0 Å². The van der Waals surface area contributed by atoms with Crippen molar-refractivity contribution in [3.8, 4) is 0 Å². The third-order valence-corrected chi connectivity index (χ3v) is 15.1. The van der Waals surface area contributed by atoms with Gasteiger partial charge in [-0.05, 0) is 187 Å². The number of hydrogen-bond acceptors (Lipinski definition) is 21. The van der Waals surface area contributed by atoms with E-state index in [1.54, 1.807) is 36.4 Å². The van der Waals surface area contributed by atoms with E-state index in [0.717, 1.165) is 73.9 Å². The van der Waals surface area contributed by atoms with Crippen molar-refractivity contribution in [3.63, 3.8) is 0 Å². The summed E-state index contributed by atoms with van der Waals surface area (Å²) in [5.74, 6) is -1.93. The summed E-state index contributed by atoms with van der Waals surface area (Å²) >= 11 is 6.53. The number of nitrogens with one attached hydrogen (secondary N) is 4. The molecule has 4 amide bonds. The molecule has 100 heavy (non-hydrogen) atoms. The quantitative estimate of drug-likeness (QED) is 0.0189. The molecule has 0 aliphatic heterocycles. The zero-order valence-corrected chi connectivity index (χ0v) is 58.5. The van der Waals surface area contributed by atoms with E-state index in [1.165, 1.54) is 42.0 Å². The summed E-state index contributed by atoms with van der Waals surface area (Å²) in [5.41, 5.74) is 39.0. The van der Waals surface area contributed by atoms with Crippen molar-refractivity contribution in [2.45, 2.75) is 122 Å². The maximum atomic E-state index is 12.2. The molecule has 22 N–H and O–H groups in total. The molecule has 5 aromatic carbocycles. The Morgan fingerprint density at radius 2 is 0.590 bits per heavy atom. The molecule has 5 aromatic rings. The lowest BCUT2D eigenvalue weighted by molar-refractivity contribution is 0.0935. The van der Waals surface area contributed by atoms with Gasteiger partial charge in [-0.15, -0.1) is 0 Å². The summed E-state index contributed by atoms with van der Waals surface area (Å²) in [7, 11) is 0. The minimum atomic E-state index is -0.489. The summed E-state index contributed by atoms with van der Waals surface area (Å²) in [4.78, 5) is 108. The molecule has 0 aromatic heterocycles. The highest BCUT2D eigenvalue weighted by Crippen LogP contribution is 2.28. The molecule has 0 aliphatic carbocycles. The standard InChI is InChI=1S/C18H29ClO3.C17H26N4O3.C17H23NO6.C13H19N3O2.C9H12N2O/c19-18-16(8-2-5-11-21)13-15(7-1-4-10-20)14-17(18)9-3-6-12-22;18-5-1-3-15(22)12-9-13(16(23)4-2-6-19)11-14(10-12)17(24)21-8-7-20;19-6-1-3-15(22)12-9-13(16(23)4-2-7-20)11-14(10-12)17(24)18-5-8-21;14-6-2-5-12(17)10-3-1-4-11(9-10)13(18)16-8-7-15;10-6-7-11-9(12)8-4-2-1-3-5-8/h13-14,20-22H,1-12H2;9-11H,1-8,18-20H2,(H,21,24);9-11,19-21H,1-8H2,(H,18,24);1,3-4,9H,2,5-8,14-15H2,(H,16,18);1-5H,6-7,10H2,(H,11,12). The fraction of sp³-hybridized carbons (Fsp3) is 0.473. The molecule has 0 atom stereocenters. The molecule has 0 saturated carbocycles. The fourth-order valence-corrected chi connectivity index (χ4v) is 9.63. The maximum Gasteiger partial charge on any atom is 0.251 e. The van der Waals surface area contributed by atoms with Crippen LogP contribution in [-0.4, -0.2) is 188 Å². The minimum Gasteiger partial charge on any atom is -0.396 e. The van der Waals surface area contributed by atoms with E-state index in [4.69, 9.17) is 76.6 Å². The molecule has 0 saturated heterocycles. The third kappa shape index (κ3) is 38.1. The Morgan fingerprint density at radius 3 is 0.950 bits per heavy atom. The van der Waals surface area contributed by atoms with E-state index in [2.05, 4.69) is 33.4 Å². The highest BCUT2D eigenvalue weighted by atomic mass is 35.5. The van der Waals surface area contributed by atoms with Gasteiger partial charge in [0, 0.05) is 166 Å². The highest BCUT2D eigenvalue weighted by molar-refractivity contribution is 6.32. The number of unbranched alkanes of at least 4 members (excludes halogenated alkanes) is 3. The molecular formula is C74H109ClN10O15. The van der Waals surface area contributed by atoms with Crippen molar-refractivity contribution in [1.29, 1.82) is 0 Å². The number of aliphatic hydroxyl groups excluding tert-OH is 6. The van der Waals surface area contributed by atoms with Crippen LogP contribution in [0.5, 0.6) is 0 Å². The first kappa shape index (κ1) is 90.2. The zero-order chi connectivity index (χ0) is 74.3. The average Bonchev–Trinajstić information content (AvgIpc) is 0.828. The lowest BCUT2D eigenvalue weighted by Gasteiger charge is -2.13. The average molecular weight is 1410 g/mol. The monoisotopic (exact) mass is 1410 g/mol. The number of benzene rings is 5. The molecule has 0 radical (unpaired) electrons. The highest BCUT2D eigenvalue weighted by Gasteiger charge is 2.19. The summed E-state index contributed by atoms with van der Waals surface area (Å²) < 4.78 is 0. The smallest absolute Gasteiger partial charge is 0.251 e. The number of nitrogens with two attached hydrogens (primary N) is 6. The lowest BCUT2D eigenvalue weighted by atomic mass is 9.96. The van der Waals surface area contributed by atoms with Gasteiger partial charge >= 0.3 is 0 Å². The fourth-order valence-electron chi connectivity index (χ4n) is 9.33. The predicted molar refractivity (Wildman–Crippen MR) is 390 cm³/mol. The Labute approximate surface area is 593 Å². The van der Waals surface area contributed by atoms with Crippen molar-refractivity contribution in [2.75, 3.05) is 105 Å². The van der Waals surface area contributed by atoms with E-state index in [1.807, 2.05) is 18.2 Å². The number of ketones is 5. The molecule has 552 valence electrons. The van der Waals surface area contributed by atoms with Crippen molar-refractivity contribution in [1.82, 2.24) is 21.3 Å². The topological polar surface area (TPSA) is 479 Å². The van der Waals surface area contributed by atoms with Gasteiger partial charge in [-0.3, -0.25) is 43.2 Å². The van der Waals surface area contributed by atoms with Crippen molar-refractivity contribution < 1.29 is 73.8 Å². The van der Waals surface area contributed by atoms with Gasteiger partial charge in [0.05, 0.1) is 6.61 Å². The number of carbonyl (C=O) groups excluding carboxylic acids is 9. The van der Waals surface area contributed by atoms with Crippen LogP contribution in [0.3, 0.4) is 0 Å². The van der Waals surface area contributed by atoms with Crippen LogP contribution in [0, 0.1) is 0 Å². The van der Waals surface area contributed by atoms with Gasteiger partial charge in [-0.1, -0.05) is 54.1 Å². The molecule has 5 rings (SSSR count). The van der Waals surface area contributed by atoms with E-state index >= 15 is 0 Å². The summed E-state index contributed by atoms with van der Waals surface area (Å²) in [5, 5.41) is 64.5. The molecule has 0 spiro atoms. The molecule has 0 fully saturated rings. The Bertz CT molecular complexity index is 2870. The van der Waals surface area contributed by atoms with Crippen LogP contribution in [0.1, 0.15) is 213 Å². The number of Topliss-reactive ketones (excluding diaryl/α,β-unsaturated/α-hetero) is 5. The van der Waals surface area contributed by atoms with Crippen LogP contribution in [0.2, 0.25) is 5.02 Å². The van der Waals surface area contributed by atoms with Gasteiger partial charge in [0.1, 0.15) is 0 Å². The Kier molecular flexibility index (Phi) is 51.2.